The third-order valence-electron chi connectivity index (χ3n) is 11.1. The highest BCUT2D eigenvalue weighted by atomic mass is 15.0. The third kappa shape index (κ3) is 4.45. The van der Waals surface area contributed by atoms with Gasteiger partial charge in [0.05, 0.1) is 62.1 Å². The summed E-state index contributed by atoms with van der Waals surface area (Å²) in [5.41, 5.74) is 12.7. The van der Waals surface area contributed by atoms with Crippen molar-refractivity contribution < 1.29 is 0 Å². The minimum Gasteiger partial charge on any atom is -0.309 e. The van der Waals surface area contributed by atoms with Gasteiger partial charge in [0.1, 0.15) is 0 Å². The molecule has 8 aromatic carbocycles. The molecule has 0 saturated heterocycles. The van der Waals surface area contributed by atoms with Gasteiger partial charge < -0.3 is 13.7 Å². The van der Waals surface area contributed by atoms with Crippen molar-refractivity contribution in [3.63, 3.8) is 0 Å². The summed E-state index contributed by atoms with van der Waals surface area (Å²) in [7, 11) is 0. The fraction of sp³-hybridized carbons (Fsp3) is 0. The normalized spacial score (nSPS) is 11.6. The molecule has 0 saturated carbocycles. The molecular formula is C50H29N5. The molecule has 0 atom stereocenters. The number of benzene rings is 8. The molecule has 0 aliphatic heterocycles. The lowest BCUT2D eigenvalue weighted by atomic mass is 9.99. The fourth-order valence-electron chi connectivity index (χ4n) is 8.80. The Bertz CT molecular complexity index is 3420. The number of fused-ring (bicyclic) bond motifs is 9. The Hall–Kier alpha value is -7.86. The molecule has 5 nitrogen and oxygen atoms in total. The summed E-state index contributed by atoms with van der Waals surface area (Å²) in [4.78, 5) is 0. The van der Waals surface area contributed by atoms with Crippen LogP contribution in [0.3, 0.4) is 0 Å². The van der Waals surface area contributed by atoms with Crippen LogP contribution in [0.15, 0.2) is 176 Å². The van der Waals surface area contributed by atoms with Gasteiger partial charge in [-0.05, 0) is 90.0 Å². The minimum absolute atomic E-state index is 0.606. The third-order valence-corrected chi connectivity index (χ3v) is 11.1. The molecule has 3 heterocycles. The number of nitriles is 2. The number of para-hydroxylation sites is 4. The zero-order valence-electron chi connectivity index (χ0n) is 29.5. The molecule has 0 aliphatic carbocycles. The quantitative estimate of drug-likeness (QED) is 0.184. The SMILES string of the molecule is N#Cc1ccc2c(c1)c1ccccc1n2-c1cccc2c1c1ccccc1n2-c1ccc(-c2cccc(-n3c4ccccc4c4ccccc43)c2)c(C#N)c1. The second kappa shape index (κ2) is 11.8. The number of hydrogen-bond acceptors (Lipinski definition) is 2. The minimum atomic E-state index is 0.606. The lowest BCUT2D eigenvalue weighted by Crippen LogP contribution is -1.98. The van der Waals surface area contributed by atoms with E-state index in [0.29, 0.717) is 11.1 Å². The van der Waals surface area contributed by atoms with Crippen LogP contribution in [0.4, 0.5) is 0 Å². The van der Waals surface area contributed by atoms with Gasteiger partial charge in [-0.2, -0.15) is 10.5 Å². The van der Waals surface area contributed by atoms with E-state index in [4.69, 9.17) is 0 Å². The van der Waals surface area contributed by atoms with Crippen molar-refractivity contribution in [2.75, 3.05) is 0 Å². The molecule has 0 N–H and O–H groups in total. The molecule has 0 bridgehead atoms. The predicted octanol–water partition coefficient (Wildman–Crippen LogP) is 12.4. The number of rotatable bonds is 4. The second-order valence-corrected chi connectivity index (χ2v) is 14.0. The molecule has 254 valence electrons. The van der Waals surface area contributed by atoms with Gasteiger partial charge in [0, 0.05) is 43.7 Å². The Morgan fingerprint density at radius 2 is 0.909 bits per heavy atom. The van der Waals surface area contributed by atoms with Gasteiger partial charge in [0.2, 0.25) is 0 Å². The molecular weight excluding hydrogens is 671 g/mol. The number of nitrogens with zero attached hydrogens (tertiary/aromatic N) is 5. The van der Waals surface area contributed by atoms with Crippen molar-refractivity contribution in [1.82, 2.24) is 13.7 Å². The maximum atomic E-state index is 10.7. The van der Waals surface area contributed by atoms with Gasteiger partial charge in [-0.15, -0.1) is 0 Å². The topological polar surface area (TPSA) is 62.4 Å². The van der Waals surface area contributed by atoms with Crippen LogP contribution in [0.2, 0.25) is 0 Å². The van der Waals surface area contributed by atoms with E-state index < -0.39 is 0 Å². The first-order valence-electron chi connectivity index (χ1n) is 18.3. The summed E-state index contributed by atoms with van der Waals surface area (Å²) in [5, 5.41) is 27.2. The highest BCUT2D eigenvalue weighted by Crippen LogP contribution is 2.41. The highest BCUT2D eigenvalue weighted by molar-refractivity contribution is 6.16. The largest absolute Gasteiger partial charge is 0.309 e. The first kappa shape index (κ1) is 30.7. The molecule has 0 amide bonds. The Morgan fingerprint density at radius 3 is 1.60 bits per heavy atom. The van der Waals surface area contributed by atoms with Gasteiger partial charge in [0.15, 0.2) is 0 Å². The van der Waals surface area contributed by atoms with Gasteiger partial charge in [-0.25, -0.2) is 0 Å². The van der Waals surface area contributed by atoms with Crippen LogP contribution in [-0.4, -0.2) is 13.7 Å². The monoisotopic (exact) mass is 699 g/mol. The van der Waals surface area contributed by atoms with E-state index >= 15 is 0 Å². The first-order chi connectivity index (χ1) is 27.2. The van der Waals surface area contributed by atoms with E-state index in [9.17, 15) is 10.5 Å². The fourth-order valence-corrected chi connectivity index (χ4v) is 8.80. The van der Waals surface area contributed by atoms with Crippen LogP contribution in [-0.2, 0) is 0 Å². The lowest BCUT2D eigenvalue weighted by molar-refractivity contribution is 1.17. The molecule has 55 heavy (non-hydrogen) atoms. The van der Waals surface area contributed by atoms with Crippen LogP contribution in [0.1, 0.15) is 11.1 Å². The molecule has 3 aromatic heterocycles. The van der Waals surface area contributed by atoms with Gasteiger partial charge in [-0.1, -0.05) is 97.1 Å². The van der Waals surface area contributed by atoms with E-state index in [-0.39, 0.29) is 0 Å². The number of hydrogen-bond donors (Lipinski definition) is 0. The van der Waals surface area contributed by atoms with Crippen LogP contribution in [0.25, 0.3) is 93.6 Å². The number of aromatic nitrogens is 3. The van der Waals surface area contributed by atoms with E-state index in [1.165, 1.54) is 10.8 Å². The Balaban J connectivity index is 1.10. The van der Waals surface area contributed by atoms with Crippen molar-refractivity contribution in [2.45, 2.75) is 0 Å². The summed E-state index contributed by atoms with van der Waals surface area (Å²) < 4.78 is 6.90. The molecule has 11 rings (SSSR count). The summed E-state index contributed by atoms with van der Waals surface area (Å²) in [5.74, 6) is 0. The Kier molecular flexibility index (Phi) is 6.61. The van der Waals surface area contributed by atoms with E-state index in [2.05, 4.69) is 184 Å². The van der Waals surface area contributed by atoms with Gasteiger partial charge in [-0.3, -0.25) is 0 Å². The molecule has 0 radical (unpaired) electrons. The maximum Gasteiger partial charge on any atom is 0.0998 e. The maximum absolute atomic E-state index is 10.7. The molecule has 11 aromatic rings. The molecule has 0 aliphatic rings. The lowest BCUT2D eigenvalue weighted by Gasteiger charge is -2.14. The van der Waals surface area contributed by atoms with Crippen LogP contribution in [0.5, 0.6) is 0 Å². The summed E-state index contributed by atoms with van der Waals surface area (Å²) in [6.07, 6.45) is 0. The average Bonchev–Trinajstić information content (AvgIpc) is 3.89. The van der Waals surface area contributed by atoms with Crippen molar-refractivity contribution in [3.05, 3.63) is 187 Å². The zero-order valence-corrected chi connectivity index (χ0v) is 29.5. The van der Waals surface area contributed by atoms with Crippen molar-refractivity contribution >= 4 is 65.4 Å². The van der Waals surface area contributed by atoms with Crippen LogP contribution < -0.4 is 0 Å². The summed E-state index contributed by atoms with van der Waals surface area (Å²) >= 11 is 0. The molecule has 5 heteroatoms. The average molecular weight is 700 g/mol. The van der Waals surface area contributed by atoms with E-state index in [1.807, 2.05) is 18.2 Å². The molecule has 0 spiro atoms. The second-order valence-electron chi connectivity index (χ2n) is 14.0. The molecule has 0 fully saturated rings. The Labute approximate surface area is 316 Å². The smallest absolute Gasteiger partial charge is 0.0998 e. The van der Waals surface area contributed by atoms with Crippen molar-refractivity contribution in [1.29, 1.82) is 10.5 Å². The van der Waals surface area contributed by atoms with Crippen molar-refractivity contribution in [3.8, 4) is 40.3 Å². The first-order valence-corrected chi connectivity index (χ1v) is 18.3. The van der Waals surface area contributed by atoms with Crippen molar-refractivity contribution in [2.24, 2.45) is 0 Å². The summed E-state index contributed by atoms with van der Waals surface area (Å²) in [6.45, 7) is 0. The molecule has 0 unspecified atom stereocenters. The zero-order chi connectivity index (χ0) is 36.6. The summed E-state index contributed by atoms with van der Waals surface area (Å²) in [6, 6.07) is 65.9. The van der Waals surface area contributed by atoms with Crippen LogP contribution >= 0.6 is 0 Å². The Morgan fingerprint density at radius 1 is 0.364 bits per heavy atom. The predicted molar refractivity (Wildman–Crippen MR) is 224 cm³/mol. The van der Waals surface area contributed by atoms with Gasteiger partial charge >= 0.3 is 0 Å². The van der Waals surface area contributed by atoms with Crippen LogP contribution in [0, 0.1) is 22.7 Å². The van der Waals surface area contributed by atoms with Gasteiger partial charge in [0.25, 0.3) is 0 Å². The highest BCUT2D eigenvalue weighted by Gasteiger charge is 2.21. The van der Waals surface area contributed by atoms with E-state index in [1.54, 1.807) is 0 Å². The standard InChI is InChI=1S/C50H29N5/c51-30-32-23-26-47-42(27-32)40-15-3-7-19-45(40)55(47)49-22-10-21-48-50(49)41-16-4-8-20-46(41)54(48)36-24-25-37(34(29-36)31-52)33-11-9-12-35(28-33)53-43-17-5-1-13-38(43)39-14-2-6-18-44(39)53/h1-29H. The van der Waals surface area contributed by atoms with E-state index in [0.717, 1.165) is 82.8 Å².